The first-order valence-corrected chi connectivity index (χ1v) is 6.21. The van der Waals surface area contributed by atoms with E-state index in [1.807, 2.05) is 0 Å². The summed E-state index contributed by atoms with van der Waals surface area (Å²) < 4.78 is 20.4. The second-order valence-corrected chi connectivity index (χ2v) is 4.83. The Bertz CT molecular complexity index is 652. The number of halogens is 2. The summed E-state index contributed by atoms with van der Waals surface area (Å²) in [6.07, 6.45) is -2.45. The van der Waals surface area contributed by atoms with Crippen LogP contribution in [0.1, 0.15) is 6.23 Å². The highest BCUT2D eigenvalue weighted by molar-refractivity contribution is 6.33. The van der Waals surface area contributed by atoms with Gasteiger partial charge in [-0.1, -0.05) is 11.6 Å². The molecule has 0 radical (unpaired) electrons. The fraction of sp³-hybridized carbons (Fsp3) is 0.455. The number of nitrogens with zero attached hydrogens (tertiary/aromatic N) is 3. The van der Waals surface area contributed by atoms with Crippen molar-refractivity contribution in [3.05, 3.63) is 23.5 Å². The van der Waals surface area contributed by atoms with E-state index in [0.717, 1.165) is 6.20 Å². The number of imidazole rings is 1. The number of hydrogen-bond acceptors (Lipinski definition) is 6. The van der Waals surface area contributed by atoms with E-state index in [1.54, 1.807) is 0 Å². The molecule has 1 saturated heterocycles. The molecule has 0 unspecified atom stereocenters. The zero-order valence-corrected chi connectivity index (χ0v) is 10.8. The summed E-state index contributed by atoms with van der Waals surface area (Å²) in [7, 11) is 0. The third kappa shape index (κ3) is 1.88. The van der Waals surface area contributed by atoms with Crippen LogP contribution < -0.4 is 0 Å². The molecule has 4 atom stereocenters. The van der Waals surface area contributed by atoms with Gasteiger partial charge in [0.1, 0.15) is 29.3 Å². The van der Waals surface area contributed by atoms with Gasteiger partial charge in [0.15, 0.2) is 17.2 Å². The van der Waals surface area contributed by atoms with E-state index >= 15 is 0 Å². The molecule has 1 fully saturated rings. The van der Waals surface area contributed by atoms with E-state index in [4.69, 9.17) is 21.4 Å². The molecule has 0 saturated carbocycles. The largest absolute Gasteiger partial charge is 0.394 e. The molecule has 2 aromatic heterocycles. The number of ether oxygens (including phenoxy) is 1. The molecule has 7 nitrogen and oxygen atoms in total. The lowest BCUT2D eigenvalue weighted by Crippen LogP contribution is -2.33. The SMILES string of the molecule is OC[C@H]1O[C@@H](n2cnc3c(Cl)ncc(F)c32)[C@H](O)[C@@H]1O. The predicted molar refractivity (Wildman–Crippen MR) is 65.5 cm³/mol. The van der Waals surface area contributed by atoms with Crippen molar-refractivity contribution in [2.75, 3.05) is 6.61 Å². The van der Waals surface area contributed by atoms with E-state index < -0.39 is 37.0 Å². The van der Waals surface area contributed by atoms with Gasteiger partial charge in [0.05, 0.1) is 19.1 Å². The molecule has 2 aromatic rings. The van der Waals surface area contributed by atoms with Gasteiger partial charge >= 0.3 is 0 Å². The number of rotatable bonds is 2. The van der Waals surface area contributed by atoms with Gasteiger partial charge in [0.2, 0.25) is 0 Å². The Kier molecular flexibility index (Phi) is 3.35. The van der Waals surface area contributed by atoms with Crippen molar-refractivity contribution in [1.29, 1.82) is 0 Å². The van der Waals surface area contributed by atoms with Gasteiger partial charge in [-0.2, -0.15) is 0 Å². The molecule has 108 valence electrons. The lowest BCUT2D eigenvalue weighted by molar-refractivity contribution is -0.0510. The van der Waals surface area contributed by atoms with Crippen molar-refractivity contribution in [3.8, 4) is 0 Å². The number of aromatic nitrogens is 3. The molecule has 0 bridgehead atoms. The van der Waals surface area contributed by atoms with Crippen molar-refractivity contribution in [3.63, 3.8) is 0 Å². The van der Waals surface area contributed by atoms with Crippen molar-refractivity contribution in [2.24, 2.45) is 0 Å². The van der Waals surface area contributed by atoms with Crippen LogP contribution in [0.2, 0.25) is 5.15 Å². The average Bonchev–Trinajstić information content (AvgIpc) is 2.99. The zero-order chi connectivity index (χ0) is 14.4. The molecule has 0 amide bonds. The van der Waals surface area contributed by atoms with Crippen LogP contribution in [0.15, 0.2) is 12.5 Å². The fourth-order valence-corrected chi connectivity index (χ4v) is 2.47. The zero-order valence-electron chi connectivity index (χ0n) is 10.0. The van der Waals surface area contributed by atoms with Gasteiger partial charge in [-0.05, 0) is 0 Å². The monoisotopic (exact) mass is 303 g/mol. The number of hydrogen-bond donors (Lipinski definition) is 3. The smallest absolute Gasteiger partial charge is 0.167 e. The molecule has 3 rings (SSSR count). The Labute approximate surface area is 117 Å². The third-order valence-corrected chi connectivity index (χ3v) is 3.57. The summed E-state index contributed by atoms with van der Waals surface area (Å²) in [5, 5.41) is 28.7. The van der Waals surface area contributed by atoms with Crippen molar-refractivity contribution >= 4 is 22.6 Å². The Hall–Kier alpha value is -1.32. The van der Waals surface area contributed by atoms with Gasteiger partial charge in [0, 0.05) is 0 Å². The Morgan fingerprint density at radius 3 is 2.75 bits per heavy atom. The van der Waals surface area contributed by atoms with E-state index in [9.17, 15) is 14.6 Å². The average molecular weight is 304 g/mol. The van der Waals surface area contributed by atoms with Crippen LogP contribution in [0.5, 0.6) is 0 Å². The van der Waals surface area contributed by atoms with E-state index in [0.29, 0.717) is 0 Å². The molecule has 3 N–H and O–H groups in total. The molecule has 1 aliphatic heterocycles. The Morgan fingerprint density at radius 2 is 2.10 bits per heavy atom. The lowest BCUT2D eigenvalue weighted by Gasteiger charge is -2.17. The van der Waals surface area contributed by atoms with Crippen LogP contribution in [0.3, 0.4) is 0 Å². The number of pyridine rings is 1. The summed E-state index contributed by atoms with van der Waals surface area (Å²) in [6, 6.07) is 0. The summed E-state index contributed by atoms with van der Waals surface area (Å²) in [6.45, 7) is -0.466. The Morgan fingerprint density at radius 1 is 1.35 bits per heavy atom. The summed E-state index contributed by atoms with van der Waals surface area (Å²) in [5.41, 5.74) is 0.143. The first kappa shape index (κ1) is 13.7. The van der Waals surface area contributed by atoms with Gasteiger partial charge in [-0.3, -0.25) is 4.57 Å². The molecule has 1 aliphatic rings. The van der Waals surface area contributed by atoms with Crippen LogP contribution in [0.25, 0.3) is 11.0 Å². The van der Waals surface area contributed by atoms with Crippen molar-refractivity contribution in [1.82, 2.24) is 14.5 Å². The quantitative estimate of drug-likeness (QED) is 0.666. The third-order valence-electron chi connectivity index (χ3n) is 3.30. The van der Waals surface area contributed by atoms with Crippen molar-refractivity contribution < 1.29 is 24.4 Å². The molecular formula is C11H11ClFN3O4. The summed E-state index contributed by atoms with van der Waals surface area (Å²) in [4.78, 5) is 7.56. The topological polar surface area (TPSA) is 101 Å². The maximum absolute atomic E-state index is 13.9. The van der Waals surface area contributed by atoms with Crippen LogP contribution >= 0.6 is 11.6 Å². The first-order chi connectivity index (χ1) is 9.54. The van der Waals surface area contributed by atoms with Gasteiger partial charge < -0.3 is 20.1 Å². The predicted octanol–water partition coefficient (Wildman–Crippen LogP) is -0.165. The molecule has 20 heavy (non-hydrogen) atoms. The first-order valence-electron chi connectivity index (χ1n) is 5.83. The normalized spacial score (nSPS) is 30.2. The summed E-state index contributed by atoms with van der Waals surface area (Å²) in [5.74, 6) is -0.681. The maximum Gasteiger partial charge on any atom is 0.167 e. The maximum atomic E-state index is 13.9. The van der Waals surface area contributed by atoms with Crippen LogP contribution in [-0.2, 0) is 4.74 Å². The minimum absolute atomic E-state index is 0.0137. The Balaban J connectivity index is 2.10. The highest BCUT2D eigenvalue weighted by Gasteiger charge is 2.44. The molecule has 9 heteroatoms. The van der Waals surface area contributed by atoms with E-state index in [1.165, 1.54) is 10.9 Å². The van der Waals surface area contributed by atoms with E-state index in [-0.39, 0.29) is 16.2 Å². The minimum atomic E-state index is -1.32. The van der Waals surface area contributed by atoms with E-state index in [2.05, 4.69) is 9.97 Å². The molecule has 0 aromatic carbocycles. The van der Waals surface area contributed by atoms with Gasteiger partial charge in [0.25, 0.3) is 0 Å². The summed E-state index contributed by atoms with van der Waals surface area (Å²) >= 11 is 5.82. The molecule has 0 spiro atoms. The second-order valence-electron chi connectivity index (χ2n) is 4.47. The second kappa shape index (κ2) is 4.90. The molecular weight excluding hydrogens is 293 g/mol. The van der Waals surface area contributed by atoms with Crippen molar-refractivity contribution in [2.45, 2.75) is 24.5 Å². The number of aliphatic hydroxyl groups excluding tert-OH is 3. The van der Waals surface area contributed by atoms with Crippen LogP contribution in [0, 0.1) is 5.82 Å². The highest BCUT2D eigenvalue weighted by Crippen LogP contribution is 2.33. The molecule has 0 aliphatic carbocycles. The molecule has 3 heterocycles. The van der Waals surface area contributed by atoms with Gasteiger partial charge in [-0.15, -0.1) is 0 Å². The minimum Gasteiger partial charge on any atom is -0.394 e. The number of aliphatic hydroxyl groups is 3. The fourth-order valence-electron chi connectivity index (χ4n) is 2.29. The van der Waals surface area contributed by atoms with Crippen LogP contribution in [-0.4, -0.2) is 54.8 Å². The highest BCUT2D eigenvalue weighted by atomic mass is 35.5. The van der Waals surface area contributed by atoms with Gasteiger partial charge in [-0.25, -0.2) is 14.4 Å². The number of fused-ring (bicyclic) bond motifs is 1. The lowest BCUT2D eigenvalue weighted by atomic mass is 10.1. The standard InChI is InChI=1S/C11H11ClFN3O4/c12-10-6-7(4(13)1-14-10)16(3-15-6)11-9(19)8(18)5(2-17)20-11/h1,3,5,8-9,11,17-19H,2H2/t5-,8-,9-,11-/m1/s1. The van der Waals surface area contributed by atoms with Crippen LogP contribution in [0.4, 0.5) is 4.39 Å².